The van der Waals surface area contributed by atoms with E-state index in [0.29, 0.717) is 24.8 Å². The summed E-state index contributed by atoms with van der Waals surface area (Å²) in [4.78, 5) is 28.8. The van der Waals surface area contributed by atoms with Gasteiger partial charge in [-0.15, -0.1) is 0 Å². The van der Waals surface area contributed by atoms with Crippen LogP contribution in [0.15, 0.2) is 27.8 Å². The Hall–Kier alpha value is -2.51. The zero-order valence-electron chi connectivity index (χ0n) is 13.2. The van der Waals surface area contributed by atoms with Crippen LogP contribution in [0.4, 0.5) is 0 Å². The zero-order chi connectivity index (χ0) is 16.4. The number of rotatable bonds is 7. The minimum absolute atomic E-state index is 0.0355. The van der Waals surface area contributed by atoms with Gasteiger partial charge >= 0.3 is 0 Å². The van der Waals surface area contributed by atoms with E-state index in [4.69, 9.17) is 4.42 Å². The number of carbonyl (C=O) groups excluding carboxylic acids is 2. The van der Waals surface area contributed by atoms with Gasteiger partial charge in [-0.3, -0.25) is 9.59 Å². The van der Waals surface area contributed by atoms with Crippen molar-refractivity contribution in [2.75, 3.05) is 33.7 Å². The van der Waals surface area contributed by atoms with Gasteiger partial charge in [0, 0.05) is 20.6 Å². The third-order valence-electron chi connectivity index (χ3n) is 2.67. The van der Waals surface area contributed by atoms with Crippen LogP contribution in [-0.2, 0) is 16.1 Å². The molecule has 0 aliphatic rings. The van der Waals surface area contributed by atoms with Gasteiger partial charge in [0.15, 0.2) is 5.96 Å². The summed E-state index contributed by atoms with van der Waals surface area (Å²) in [5.41, 5.74) is 0. The molecule has 0 saturated heterocycles. The monoisotopic (exact) mass is 309 g/mol. The molecule has 1 rings (SSSR count). The molecule has 2 amide bonds. The summed E-state index contributed by atoms with van der Waals surface area (Å²) < 4.78 is 5.12. The molecule has 0 unspecified atom stereocenters. The van der Waals surface area contributed by atoms with E-state index >= 15 is 0 Å². The number of guanidine groups is 1. The molecule has 0 bridgehead atoms. The molecule has 0 aliphatic carbocycles. The molecule has 0 spiro atoms. The number of hydrogen-bond donors (Lipinski definition) is 3. The Morgan fingerprint density at radius 2 is 2.05 bits per heavy atom. The Balaban J connectivity index is 2.39. The number of nitrogens with one attached hydrogen (secondary N) is 3. The number of furan rings is 1. The first kappa shape index (κ1) is 17.5. The summed E-state index contributed by atoms with van der Waals surface area (Å²) in [5, 5.41) is 8.54. The highest BCUT2D eigenvalue weighted by Gasteiger charge is 2.06. The molecule has 0 saturated carbocycles. The average molecular weight is 309 g/mol. The topological polar surface area (TPSA) is 99.0 Å². The lowest BCUT2D eigenvalue weighted by atomic mass is 10.4. The van der Waals surface area contributed by atoms with Crippen molar-refractivity contribution in [3.63, 3.8) is 0 Å². The molecule has 8 nitrogen and oxygen atoms in total. The van der Waals surface area contributed by atoms with Crippen molar-refractivity contribution in [1.82, 2.24) is 20.9 Å². The maximum atomic E-state index is 11.7. The van der Waals surface area contributed by atoms with Crippen molar-refractivity contribution in [1.29, 1.82) is 0 Å². The van der Waals surface area contributed by atoms with Crippen LogP contribution in [0.3, 0.4) is 0 Å². The molecule has 0 aliphatic heterocycles. The van der Waals surface area contributed by atoms with Crippen molar-refractivity contribution in [3.8, 4) is 0 Å². The summed E-state index contributed by atoms with van der Waals surface area (Å²) in [5.74, 6) is 0.796. The van der Waals surface area contributed by atoms with Crippen molar-refractivity contribution in [3.05, 3.63) is 24.2 Å². The molecule has 22 heavy (non-hydrogen) atoms. The fourth-order valence-corrected chi connectivity index (χ4v) is 1.46. The fourth-order valence-electron chi connectivity index (χ4n) is 1.46. The number of likely N-dealkylation sites (N-methyl/N-ethyl adjacent to an activating group) is 1. The van der Waals surface area contributed by atoms with Crippen LogP contribution in [0, 0.1) is 0 Å². The highest BCUT2D eigenvalue weighted by atomic mass is 16.3. The van der Waals surface area contributed by atoms with E-state index in [1.807, 2.05) is 6.92 Å². The highest BCUT2D eigenvalue weighted by molar-refractivity contribution is 5.88. The Morgan fingerprint density at radius 1 is 1.27 bits per heavy atom. The summed E-state index contributed by atoms with van der Waals surface area (Å²) in [6.07, 6.45) is 1.55. The number of aliphatic imine (C=N–C) groups is 1. The summed E-state index contributed by atoms with van der Waals surface area (Å²) in [6.45, 7) is 2.95. The van der Waals surface area contributed by atoms with Crippen molar-refractivity contribution >= 4 is 17.8 Å². The first-order valence-electron chi connectivity index (χ1n) is 7.04. The predicted molar refractivity (Wildman–Crippen MR) is 83.2 cm³/mol. The van der Waals surface area contributed by atoms with Gasteiger partial charge in [-0.2, -0.15) is 0 Å². The molecule has 1 heterocycles. The molecule has 1 aromatic heterocycles. The van der Waals surface area contributed by atoms with E-state index in [2.05, 4.69) is 20.9 Å². The van der Waals surface area contributed by atoms with Crippen LogP contribution in [0.2, 0.25) is 0 Å². The Kier molecular flexibility index (Phi) is 7.52. The maximum absolute atomic E-state index is 11.7. The number of carbonyl (C=O) groups is 2. The SMILES string of the molecule is CCNC(=NCC(=O)NCc1ccco1)NCC(=O)N(C)C. The summed E-state index contributed by atoms with van der Waals surface area (Å²) in [7, 11) is 3.35. The number of amides is 2. The van der Waals surface area contributed by atoms with E-state index in [1.54, 1.807) is 32.5 Å². The largest absolute Gasteiger partial charge is 0.467 e. The van der Waals surface area contributed by atoms with Crippen molar-refractivity contribution in [2.45, 2.75) is 13.5 Å². The second-order valence-electron chi connectivity index (χ2n) is 4.69. The van der Waals surface area contributed by atoms with Gasteiger partial charge in [-0.25, -0.2) is 4.99 Å². The minimum Gasteiger partial charge on any atom is -0.467 e. The molecular weight excluding hydrogens is 286 g/mol. The van der Waals surface area contributed by atoms with Gasteiger partial charge in [0.05, 0.1) is 19.4 Å². The van der Waals surface area contributed by atoms with Gasteiger partial charge in [-0.05, 0) is 19.1 Å². The van der Waals surface area contributed by atoms with E-state index in [-0.39, 0.29) is 24.9 Å². The first-order chi connectivity index (χ1) is 10.5. The van der Waals surface area contributed by atoms with Gasteiger partial charge in [0.2, 0.25) is 11.8 Å². The van der Waals surface area contributed by atoms with Crippen LogP contribution in [-0.4, -0.2) is 56.4 Å². The van der Waals surface area contributed by atoms with Crippen molar-refractivity contribution < 1.29 is 14.0 Å². The standard InChI is InChI=1S/C14H23N5O3/c1-4-15-14(18-10-13(21)19(2)3)17-9-12(20)16-8-11-6-5-7-22-11/h5-7H,4,8-10H2,1-3H3,(H,16,20)(H2,15,17,18). The zero-order valence-corrected chi connectivity index (χ0v) is 13.2. The van der Waals surface area contributed by atoms with Crippen LogP contribution < -0.4 is 16.0 Å². The second-order valence-corrected chi connectivity index (χ2v) is 4.69. The van der Waals surface area contributed by atoms with Crippen LogP contribution >= 0.6 is 0 Å². The predicted octanol–water partition coefficient (Wildman–Crippen LogP) is -0.461. The van der Waals surface area contributed by atoms with E-state index < -0.39 is 0 Å². The Bertz CT molecular complexity index is 497. The molecular formula is C14H23N5O3. The van der Waals surface area contributed by atoms with Gasteiger partial charge < -0.3 is 25.3 Å². The third kappa shape index (κ3) is 6.78. The maximum Gasteiger partial charge on any atom is 0.242 e. The summed E-state index contributed by atoms with van der Waals surface area (Å²) in [6, 6.07) is 3.54. The lowest BCUT2D eigenvalue weighted by Crippen LogP contribution is -2.43. The second kappa shape index (κ2) is 9.43. The van der Waals surface area contributed by atoms with Crippen LogP contribution in [0.5, 0.6) is 0 Å². The molecule has 122 valence electrons. The number of hydrogen-bond acceptors (Lipinski definition) is 4. The minimum atomic E-state index is -0.229. The molecule has 0 radical (unpaired) electrons. The highest BCUT2D eigenvalue weighted by Crippen LogP contribution is 1.98. The average Bonchev–Trinajstić information content (AvgIpc) is 3.00. The molecule has 3 N–H and O–H groups in total. The molecule has 0 atom stereocenters. The lowest BCUT2D eigenvalue weighted by molar-refractivity contribution is -0.127. The first-order valence-corrected chi connectivity index (χ1v) is 7.04. The fraction of sp³-hybridized carbons (Fsp3) is 0.500. The van der Waals surface area contributed by atoms with E-state index in [1.165, 1.54) is 4.90 Å². The van der Waals surface area contributed by atoms with Crippen molar-refractivity contribution in [2.24, 2.45) is 4.99 Å². The number of nitrogens with zero attached hydrogens (tertiary/aromatic N) is 2. The molecule has 1 aromatic rings. The van der Waals surface area contributed by atoms with E-state index in [0.717, 1.165) is 0 Å². The Labute approximate surface area is 130 Å². The smallest absolute Gasteiger partial charge is 0.242 e. The Morgan fingerprint density at radius 3 is 2.64 bits per heavy atom. The van der Waals surface area contributed by atoms with Crippen LogP contribution in [0.25, 0.3) is 0 Å². The van der Waals surface area contributed by atoms with E-state index in [9.17, 15) is 9.59 Å². The molecule has 0 fully saturated rings. The lowest BCUT2D eigenvalue weighted by Gasteiger charge is -2.14. The summed E-state index contributed by atoms with van der Waals surface area (Å²) >= 11 is 0. The molecule has 8 heteroatoms. The molecule has 0 aromatic carbocycles. The van der Waals surface area contributed by atoms with Gasteiger partial charge in [0.25, 0.3) is 0 Å². The van der Waals surface area contributed by atoms with Gasteiger partial charge in [-0.1, -0.05) is 0 Å². The third-order valence-corrected chi connectivity index (χ3v) is 2.67. The normalized spacial score (nSPS) is 11.0. The van der Waals surface area contributed by atoms with Gasteiger partial charge in [0.1, 0.15) is 12.3 Å². The van der Waals surface area contributed by atoms with Crippen LogP contribution in [0.1, 0.15) is 12.7 Å². The quantitative estimate of drug-likeness (QED) is 0.467.